The summed E-state index contributed by atoms with van der Waals surface area (Å²) in [6.07, 6.45) is 1.92. The molecule has 0 saturated heterocycles. The average molecular weight is 383 g/mol. The number of hydrogen-bond acceptors (Lipinski definition) is 6. The van der Waals surface area contributed by atoms with E-state index in [1.54, 1.807) is 32.2 Å². The van der Waals surface area contributed by atoms with Crippen molar-refractivity contribution < 1.29 is 9.53 Å². The molecule has 148 valence electrons. The van der Waals surface area contributed by atoms with Gasteiger partial charge in [-0.3, -0.25) is 14.5 Å². The summed E-state index contributed by atoms with van der Waals surface area (Å²) in [5, 5.41) is 12.8. The van der Waals surface area contributed by atoms with Gasteiger partial charge in [0.1, 0.15) is 11.4 Å². The van der Waals surface area contributed by atoms with Crippen LogP contribution in [0.3, 0.4) is 0 Å². The number of para-hydroxylation sites is 1. The standard InChI is InChI=1S/C20H25N5O3/c1-20(13-21,14-7-8-14)24-18(26)12-25(9-10-28-2)11-17-22-16-6-4-3-5-15(16)19(27)23-17/h3-6,14H,7-12H2,1-2H3,(H,24,26)(H,22,23,27)/t20-/m0/s1. The number of nitrogens with zero attached hydrogens (tertiary/aromatic N) is 3. The predicted octanol–water partition coefficient (Wildman–Crippen LogP) is 1.18. The van der Waals surface area contributed by atoms with Crippen LogP contribution in [0.25, 0.3) is 10.9 Å². The molecule has 1 fully saturated rings. The second-order valence-electron chi connectivity index (χ2n) is 7.37. The third kappa shape index (κ3) is 4.74. The van der Waals surface area contributed by atoms with Crippen molar-refractivity contribution in [2.45, 2.75) is 31.8 Å². The van der Waals surface area contributed by atoms with Crippen LogP contribution in [0.4, 0.5) is 0 Å². The second kappa shape index (κ2) is 8.50. The van der Waals surface area contributed by atoms with Gasteiger partial charge in [0.2, 0.25) is 5.91 Å². The first kappa shape index (κ1) is 20.0. The molecule has 0 radical (unpaired) electrons. The van der Waals surface area contributed by atoms with Crippen molar-refractivity contribution in [3.63, 3.8) is 0 Å². The molecule has 2 aromatic rings. The number of fused-ring (bicyclic) bond motifs is 1. The highest BCUT2D eigenvalue weighted by Gasteiger charge is 2.43. The molecular formula is C20H25N5O3. The lowest BCUT2D eigenvalue weighted by Crippen LogP contribution is -2.50. The molecule has 1 aromatic heterocycles. The minimum atomic E-state index is -0.834. The van der Waals surface area contributed by atoms with Crippen molar-refractivity contribution in [1.29, 1.82) is 5.26 Å². The highest BCUT2D eigenvalue weighted by Crippen LogP contribution is 2.39. The fraction of sp³-hybridized carbons (Fsp3) is 0.500. The smallest absolute Gasteiger partial charge is 0.258 e. The number of nitriles is 1. The molecule has 0 aliphatic heterocycles. The van der Waals surface area contributed by atoms with Crippen LogP contribution in [0.1, 0.15) is 25.6 Å². The Balaban J connectivity index is 1.72. The van der Waals surface area contributed by atoms with Crippen molar-refractivity contribution in [1.82, 2.24) is 20.2 Å². The van der Waals surface area contributed by atoms with Crippen molar-refractivity contribution >= 4 is 16.8 Å². The number of methoxy groups -OCH3 is 1. The van der Waals surface area contributed by atoms with Crippen LogP contribution in [-0.2, 0) is 16.1 Å². The monoisotopic (exact) mass is 383 g/mol. The molecule has 1 aliphatic carbocycles. The zero-order valence-electron chi connectivity index (χ0n) is 16.2. The Labute approximate surface area is 163 Å². The lowest BCUT2D eigenvalue weighted by Gasteiger charge is -2.26. The molecule has 2 N–H and O–H groups in total. The van der Waals surface area contributed by atoms with E-state index >= 15 is 0 Å². The number of H-pyrrole nitrogens is 1. The first-order valence-corrected chi connectivity index (χ1v) is 9.36. The molecule has 0 bridgehead atoms. The molecule has 0 unspecified atom stereocenters. The lowest BCUT2D eigenvalue weighted by molar-refractivity contribution is -0.124. The van der Waals surface area contributed by atoms with Crippen molar-refractivity contribution in [3.05, 3.63) is 40.4 Å². The van der Waals surface area contributed by atoms with Crippen LogP contribution < -0.4 is 10.9 Å². The number of hydrogen-bond donors (Lipinski definition) is 2. The van der Waals surface area contributed by atoms with Crippen LogP contribution in [-0.4, -0.2) is 53.1 Å². The molecule has 28 heavy (non-hydrogen) atoms. The number of nitrogens with one attached hydrogen (secondary N) is 2. The third-order valence-corrected chi connectivity index (χ3v) is 5.04. The van der Waals surface area contributed by atoms with Gasteiger partial charge in [0.25, 0.3) is 5.56 Å². The van der Waals surface area contributed by atoms with Crippen LogP contribution in [0, 0.1) is 17.2 Å². The molecule has 3 rings (SSSR count). The topological polar surface area (TPSA) is 111 Å². The van der Waals surface area contributed by atoms with Crippen molar-refractivity contribution in [2.75, 3.05) is 26.8 Å². The van der Waals surface area contributed by atoms with E-state index < -0.39 is 5.54 Å². The summed E-state index contributed by atoms with van der Waals surface area (Å²) in [5.74, 6) is 0.473. The zero-order chi connectivity index (χ0) is 20.1. The zero-order valence-corrected chi connectivity index (χ0v) is 16.2. The molecule has 0 spiro atoms. The Bertz CT molecular complexity index is 947. The highest BCUT2D eigenvalue weighted by atomic mass is 16.5. The van der Waals surface area contributed by atoms with Crippen LogP contribution >= 0.6 is 0 Å². The van der Waals surface area contributed by atoms with Gasteiger partial charge in [-0.2, -0.15) is 5.26 Å². The average Bonchev–Trinajstić information content (AvgIpc) is 3.52. The van der Waals surface area contributed by atoms with E-state index in [1.165, 1.54) is 0 Å². The summed E-state index contributed by atoms with van der Waals surface area (Å²) in [6, 6.07) is 9.36. The SMILES string of the molecule is COCCN(CC(=O)N[C@@](C)(C#N)C1CC1)Cc1nc2ccccc2c(=O)[nH]1. The minimum absolute atomic E-state index is 0.0872. The minimum Gasteiger partial charge on any atom is -0.383 e. The maximum atomic E-state index is 12.6. The molecule has 1 aliphatic rings. The number of aromatic nitrogens is 2. The Morgan fingerprint density at radius 1 is 1.46 bits per heavy atom. The fourth-order valence-corrected chi connectivity index (χ4v) is 3.27. The molecule has 1 amide bonds. The van der Waals surface area contributed by atoms with E-state index in [2.05, 4.69) is 21.4 Å². The molecule has 1 atom stereocenters. The van der Waals surface area contributed by atoms with E-state index in [9.17, 15) is 14.9 Å². The van der Waals surface area contributed by atoms with Crippen molar-refractivity contribution in [2.24, 2.45) is 5.92 Å². The van der Waals surface area contributed by atoms with Gasteiger partial charge >= 0.3 is 0 Å². The Morgan fingerprint density at radius 3 is 2.89 bits per heavy atom. The molecule has 1 heterocycles. The van der Waals surface area contributed by atoms with Crippen molar-refractivity contribution in [3.8, 4) is 6.07 Å². The van der Waals surface area contributed by atoms with Gasteiger partial charge in [0, 0.05) is 13.7 Å². The van der Waals surface area contributed by atoms with Gasteiger partial charge in [-0.25, -0.2) is 4.98 Å². The number of ether oxygens (including phenoxy) is 1. The fourth-order valence-electron chi connectivity index (χ4n) is 3.27. The predicted molar refractivity (Wildman–Crippen MR) is 104 cm³/mol. The Kier molecular flexibility index (Phi) is 6.07. The van der Waals surface area contributed by atoms with Gasteiger partial charge in [-0.15, -0.1) is 0 Å². The highest BCUT2D eigenvalue weighted by molar-refractivity contribution is 5.79. The van der Waals surface area contributed by atoms with Gasteiger partial charge in [-0.1, -0.05) is 12.1 Å². The summed E-state index contributed by atoms with van der Waals surface area (Å²) in [6.45, 7) is 3.08. The summed E-state index contributed by atoms with van der Waals surface area (Å²) < 4.78 is 5.14. The molecule has 8 heteroatoms. The normalized spacial score (nSPS) is 15.9. The molecule has 8 nitrogen and oxygen atoms in total. The first-order valence-electron chi connectivity index (χ1n) is 9.36. The molecular weight excluding hydrogens is 358 g/mol. The molecule has 1 saturated carbocycles. The van der Waals surface area contributed by atoms with Gasteiger partial charge in [0.15, 0.2) is 0 Å². The van der Waals surface area contributed by atoms with Crippen LogP contribution in [0.2, 0.25) is 0 Å². The number of rotatable bonds is 9. The number of carbonyl (C=O) groups is 1. The third-order valence-electron chi connectivity index (χ3n) is 5.04. The quantitative estimate of drug-likeness (QED) is 0.673. The summed E-state index contributed by atoms with van der Waals surface area (Å²) >= 11 is 0. The van der Waals surface area contributed by atoms with E-state index in [4.69, 9.17) is 4.74 Å². The van der Waals surface area contributed by atoms with E-state index in [-0.39, 0.29) is 23.9 Å². The van der Waals surface area contributed by atoms with Gasteiger partial charge < -0.3 is 15.0 Å². The van der Waals surface area contributed by atoms with E-state index in [0.29, 0.717) is 36.4 Å². The van der Waals surface area contributed by atoms with E-state index in [1.807, 2.05) is 11.0 Å². The summed E-state index contributed by atoms with van der Waals surface area (Å²) in [7, 11) is 1.59. The molecule has 1 aromatic carbocycles. The number of amides is 1. The first-order chi connectivity index (χ1) is 13.4. The van der Waals surface area contributed by atoms with Gasteiger partial charge in [0.05, 0.1) is 36.7 Å². The number of benzene rings is 1. The number of carbonyl (C=O) groups excluding carboxylic acids is 1. The number of aromatic amines is 1. The Hall–Kier alpha value is -2.76. The summed E-state index contributed by atoms with van der Waals surface area (Å²) in [4.78, 5) is 34.0. The lowest BCUT2D eigenvalue weighted by atomic mass is 9.98. The van der Waals surface area contributed by atoms with E-state index in [0.717, 1.165) is 12.8 Å². The maximum absolute atomic E-state index is 12.6. The van der Waals surface area contributed by atoms with Crippen LogP contribution in [0.5, 0.6) is 0 Å². The Morgan fingerprint density at radius 2 is 2.21 bits per heavy atom. The van der Waals surface area contributed by atoms with Gasteiger partial charge in [-0.05, 0) is 37.8 Å². The summed E-state index contributed by atoms with van der Waals surface area (Å²) in [5.41, 5.74) is -0.426. The van der Waals surface area contributed by atoms with Crippen LogP contribution in [0.15, 0.2) is 29.1 Å². The second-order valence-corrected chi connectivity index (χ2v) is 7.37. The maximum Gasteiger partial charge on any atom is 0.258 e. The largest absolute Gasteiger partial charge is 0.383 e.